The molecule has 1 heterocycles. The highest BCUT2D eigenvalue weighted by Gasteiger charge is 2.19. The molecule has 0 spiro atoms. The van der Waals surface area contributed by atoms with Crippen LogP contribution in [0.4, 0.5) is 0 Å². The minimum atomic E-state index is 0.562. The third-order valence-electron chi connectivity index (χ3n) is 4.22. The molecule has 4 rings (SSSR count). The summed E-state index contributed by atoms with van der Waals surface area (Å²) >= 11 is 0. The first-order valence-corrected chi connectivity index (χ1v) is 7.85. The zero-order chi connectivity index (χ0) is 16.5. The number of fused-ring (bicyclic) bond motifs is 2. The fourth-order valence-electron chi connectivity index (χ4n) is 3.14. The van der Waals surface area contributed by atoms with Crippen LogP contribution in [0.5, 0.6) is 23.0 Å². The van der Waals surface area contributed by atoms with Crippen LogP contribution in [0.2, 0.25) is 0 Å². The van der Waals surface area contributed by atoms with Crippen LogP contribution in [-0.2, 0) is 0 Å². The molecule has 0 aromatic heterocycles. The lowest BCUT2D eigenvalue weighted by Crippen LogP contribution is -2.15. The van der Waals surface area contributed by atoms with Crippen molar-refractivity contribution in [2.24, 2.45) is 0 Å². The SMILES string of the molecule is COc1cc2ccccc2c(-c2ccc3c(c2)OCCO3)c1OC. The Morgan fingerprint density at radius 3 is 2.42 bits per heavy atom. The summed E-state index contributed by atoms with van der Waals surface area (Å²) in [6.07, 6.45) is 0. The zero-order valence-electron chi connectivity index (χ0n) is 13.7. The van der Waals surface area contributed by atoms with E-state index in [0.717, 1.165) is 33.4 Å². The van der Waals surface area contributed by atoms with Gasteiger partial charge in [0.2, 0.25) is 0 Å². The lowest BCUT2D eigenvalue weighted by Gasteiger charge is -2.20. The van der Waals surface area contributed by atoms with Crippen molar-refractivity contribution in [2.45, 2.75) is 0 Å². The normalized spacial score (nSPS) is 12.9. The van der Waals surface area contributed by atoms with Crippen molar-refractivity contribution < 1.29 is 18.9 Å². The van der Waals surface area contributed by atoms with Crippen LogP contribution in [-0.4, -0.2) is 27.4 Å². The van der Waals surface area contributed by atoms with Gasteiger partial charge in [0.15, 0.2) is 23.0 Å². The van der Waals surface area contributed by atoms with Crippen LogP contribution in [0.3, 0.4) is 0 Å². The second kappa shape index (κ2) is 5.96. The van der Waals surface area contributed by atoms with Gasteiger partial charge in [-0.25, -0.2) is 0 Å². The number of rotatable bonds is 3. The van der Waals surface area contributed by atoms with Crippen molar-refractivity contribution in [3.8, 4) is 34.1 Å². The molecule has 0 unspecified atom stereocenters. The Morgan fingerprint density at radius 1 is 0.833 bits per heavy atom. The number of ether oxygens (including phenoxy) is 4. The highest BCUT2D eigenvalue weighted by molar-refractivity contribution is 6.02. The van der Waals surface area contributed by atoms with E-state index in [1.165, 1.54) is 0 Å². The molecule has 3 aromatic carbocycles. The highest BCUT2D eigenvalue weighted by atomic mass is 16.6. The van der Waals surface area contributed by atoms with Crippen LogP contribution in [0.15, 0.2) is 48.5 Å². The summed E-state index contributed by atoms with van der Waals surface area (Å²) in [6.45, 7) is 1.14. The molecular formula is C20H18O4. The van der Waals surface area contributed by atoms with Crippen molar-refractivity contribution >= 4 is 10.8 Å². The molecule has 0 atom stereocenters. The Labute approximate surface area is 140 Å². The molecular weight excluding hydrogens is 304 g/mol. The van der Waals surface area contributed by atoms with Gasteiger partial charge in [-0.1, -0.05) is 30.3 Å². The maximum atomic E-state index is 5.73. The molecule has 0 saturated carbocycles. The Morgan fingerprint density at radius 2 is 1.62 bits per heavy atom. The van der Waals surface area contributed by atoms with E-state index in [-0.39, 0.29) is 0 Å². The van der Waals surface area contributed by atoms with Crippen molar-refractivity contribution in [1.29, 1.82) is 0 Å². The maximum Gasteiger partial charge on any atom is 0.169 e. The Balaban J connectivity index is 2.01. The second-order valence-electron chi connectivity index (χ2n) is 5.57. The molecule has 1 aliphatic heterocycles. The summed E-state index contributed by atoms with van der Waals surface area (Å²) in [5, 5.41) is 2.20. The van der Waals surface area contributed by atoms with Gasteiger partial charge in [-0.2, -0.15) is 0 Å². The third-order valence-corrected chi connectivity index (χ3v) is 4.22. The van der Waals surface area contributed by atoms with E-state index in [2.05, 4.69) is 12.1 Å². The van der Waals surface area contributed by atoms with Gasteiger partial charge >= 0.3 is 0 Å². The molecule has 4 heteroatoms. The predicted molar refractivity (Wildman–Crippen MR) is 93.5 cm³/mol. The van der Waals surface area contributed by atoms with E-state index in [9.17, 15) is 0 Å². The number of hydrogen-bond donors (Lipinski definition) is 0. The molecule has 0 saturated heterocycles. The summed E-state index contributed by atoms with van der Waals surface area (Å²) < 4.78 is 22.6. The van der Waals surface area contributed by atoms with Crippen LogP contribution in [0.1, 0.15) is 0 Å². The molecule has 24 heavy (non-hydrogen) atoms. The summed E-state index contributed by atoms with van der Waals surface area (Å²) in [7, 11) is 3.31. The standard InChI is InChI=1S/C20H18O4/c1-21-18-11-13-5-3-4-6-15(13)19(20(18)22-2)14-7-8-16-17(12-14)24-10-9-23-16/h3-8,11-12H,9-10H2,1-2H3. The smallest absolute Gasteiger partial charge is 0.169 e. The first-order chi connectivity index (χ1) is 11.8. The van der Waals surface area contributed by atoms with E-state index >= 15 is 0 Å². The molecule has 1 aliphatic rings. The van der Waals surface area contributed by atoms with Crippen molar-refractivity contribution in [1.82, 2.24) is 0 Å². The first-order valence-electron chi connectivity index (χ1n) is 7.85. The van der Waals surface area contributed by atoms with Crippen molar-refractivity contribution in [3.63, 3.8) is 0 Å². The van der Waals surface area contributed by atoms with E-state index < -0.39 is 0 Å². The molecule has 122 valence electrons. The van der Waals surface area contributed by atoms with Gasteiger partial charge in [0.25, 0.3) is 0 Å². The Kier molecular flexibility index (Phi) is 3.65. The van der Waals surface area contributed by atoms with Gasteiger partial charge in [-0.05, 0) is 34.5 Å². The number of benzene rings is 3. The zero-order valence-corrected chi connectivity index (χ0v) is 13.7. The average Bonchev–Trinajstić information content (AvgIpc) is 2.65. The van der Waals surface area contributed by atoms with Gasteiger partial charge in [-0.3, -0.25) is 0 Å². The van der Waals surface area contributed by atoms with Gasteiger partial charge in [0, 0.05) is 5.56 Å². The van der Waals surface area contributed by atoms with Gasteiger partial charge in [-0.15, -0.1) is 0 Å². The van der Waals surface area contributed by atoms with Crippen molar-refractivity contribution in [3.05, 3.63) is 48.5 Å². The van der Waals surface area contributed by atoms with Crippen LogP contribution in [0.25, 0.3) is 21.9 Å². The van der Waals surface area contributed by atoms with Gasteiger partial charge in [0.05, 0.1) is 14.2 Å². The molecule has 3 aromatic rings. The predicted octanol–water partition coefficient (Wildman–Crippen LogP) is 4.30. The first kappa shape index (κ1) is 14.7. The average molecular weight is 322 g/mol. The topological polar surface area (TPSA) is 36.9 Å². The highest BCUT2D eigenvalue weighted by Crippen LogP contribution is 2.45. The molecule has 0 amide bonds. The van der Waals surface area contributed by atoms with Gasteiger partial charge in [0.1, 0.15) is 13.2 Å². The summed E-state index contributed by atoms with van der Waals surface area (Å²) in [4.78, 5) is 0. The fourth-order valence-corrected chi connectivity index (χ4v) is 3.14. The Bertz CT molecular complexity index is 902. The minimum absolute atomic E-state index is 0.562. The van der Waals surface area contributed by atoms with Crippen LogP contribution < -0.4 is 18.9 Å². The number of hydrogen-bond acceptors (Lipinski definition) is 4. The summed E-state index contributed by atoms with van der Waals surface area (Å²) in [5.41, 5.74) is 2.00. The molecule has 0 bridgehead atoms. The molecule has 0 fully saturated rings. The van der Waals surface area contributed by atoms with Crippen LogP contribution in [0, 0.1) is 0 Å². The molecule has 4 nitrogen and oxygen atoms in total. The molecule has 0 aliphatic carbocycles. The van der Waals surface area contributed by atoms with Crippen molar-refractivity contribution in [2.75, 3.05) is 27.4 Å². The maximum absolute atomic E-state index is 5.73. The lowest BCUT2D eigenvalue weighted by molar-refractivity contribution is 0.171. The summed E-state index contributed by atoms with van der Waals surface area (Å²) in [5.74, 6) is 2.96. The fraction of sp³-hybridized carbons (Fsp3) is 0.200. The Hall–Kier alpha value is -2.88. The minimum Gasteiger partial charge on any atom is -0.493 e. The largest absolute Gasteiger partial charge is 0.493 e. The monoisotopic (exact) mass is 322 g/mol. The van der Waals surface area contributed by atoms with E-state index in [0.29, 0.717) is 24.7 Å². The molecule has 0 N–H and O–H groups in total. The van der Waals surface area contributed by atoms with Gasteiger partial charge < -0.3 is 18.9 Å². The van der Waals surface area contributed by atoms with E-state index in [1.54, 1.807) is 14.2 Å². The summed E-state index contributed by atoms with van der Waals surface area (Å²) in [6, 6.07) is 16.2. The van der Waals surface area contributed by atoms with E-state index in [1.807, 2.05) is 36.4 Å². The molecule has 0 radical (unpaired) electrons. The lowest BCUT2D eigenvalue weighted by atomic mass is 9.96. The number of methoxy groups -OCH3 is 2. The van der Waals surface area contributed by atoms with E-state index in [4.69, 9.17) is 18.9 Å². The third kappa shape index (κ3) is 2.31. The quantitative estimate of drug-likeness (QED) is 0.720. The van der Waals surface area contributed by atoms with Crippen LogP contribution >= 0.6 is 0 Å². The second-order valence-corrected chi connectivity index (χ2v) is 5.57.